The van der Waals surface area contributed by atoms with Crippen molar-refractivity contribution in [1.82, 2.24) is 9.47 Å². The van der Waals surface area contributed by atoms with Crippen LogP contribution in [0.5, 0.6) is 11.5 Å². The largest absolute Gasteiger partial charge is 0.457 e. The molecule has 4 aromatic carbocycles. The highest BCUT2D eigenvalue weighted by Crippen LogP contribution is 2.37. The molecule has 1 fully saturated rings. The summed E-state index contributed by atoms with van der Waals surface area (Å²) in [6, 6.07) is 32.8. The van der Waals surface area contributed by atoms with Crippen molar-refractivity contribution in [2.45, 2.75) is 38.1 Å². The Morgan fingerprint density at radius 2 is 1.52 bits per heavy atom. The summed E-state index contributed by atoms with van der Waals surface area (Å²) in [5, 5.41) is 1.12. The smallest absolute Gasteiger partial charge is 0.223 e. The molecule has 0 N–H and O–H groups in total. The predicted molar refractivity (Wildman–Crippen MR) is 157 cm³/mol. The molecule has 1 aliphatic rings. The van der Waals surface area contributed by atoms with Crippen LogP contribution in [0.2, 0.25) is 0 Å². The van der Waals surface area contributed by atoms with E-state index in [2.05, 4.69) is 35.0 Å². The van der Waals surface area contributed by atoms with Crippen molar-refractivity contribution in [2.75, 3.05) is 13.1 Å². The van der Waals surface area contributed by atoms with Crippen LogP contribution in [0.4, 0.5) is 4.39 Å². The van der Waals surface area contributed by atoms with Crippen molar-refractivity contribution < 1.29 is 13.9 Å². The minimum absolute atomic E-state index is 0.145. The van der Waals surface area contributed by atoms with Crippen LogP contribution < -0.4 is 4.74 Å². The normalized spacial score (nSPS) is 14.3. The lowest BCUT2D eigenvalue weighted by atomic mass is 9.87. The lowest BCUT2D eigenvalue weighted by Gasteiger charge is -2.29. The number of carbonyl (C=O) groups excluding carboxylic acids is 1. The SMILES string of the molecule is O=C(CC(c1cccc(Oc2ccccc2)c1)c1cn(Cc2ccc(F)cc2)c2ccccc12)N1CCCCC1. The molecule has 1 unspecified atom stereocenters. The molecule has 40 heavy (non-hydrogen) atoms. The first-order valence-electron chi connectivity index (χ1n) is 14.1. The molecule has 0 spiro atoms. The maximum Gasteiger partial charge on any atom is 0.223 e. The van der Waals surface area contributed by atoms with Crippen molar-refractivity contribution in [1.29, 1.82) is 0 Å². The van der Waals surface area contributed by atoms with E-state index >= 15 is 0 Å². The first-order chi connectivity index (χ1) is 19.6. The fraction of sp³-hybridized carbons (Fsp3) is 0.229. The molecular weight excluding hydrogens is 499 g/mol. The van der Waals surface area contributed by atoms with Gasteiger partial charge in [-0.1, -0.05) is 60.7 Å². The molecule has 0 radical (unpaired) electrons. The fourth-order valence-corrected chi connectivity index (χ4v) is 5.74. The number of para-hydroxylation sites is 2. The number of amides is 1. The molecule has 0 saturated carbocycles. The van der Waals surface area contributed by atoms with Gasteiger partial charge in [0.1, 0.15) is 17.3 Å². The summed E-state index contributed by atoms with van der Waals surface area (Å²) in [6.45, 7) is 2.27. The number of rotatable bonds is 8. The predicted octanol–water partition coefficient (Wildman–Crippen LogP) is 8.16. The van der Waals surface area contributed by atoms with Crippen LogP contribution in [-0.4, -0.2) is 28.5 Å². The van der Waals surface area contributed by atoms with E-state index in [4.69, 9.17) is 4.74 Å². The quantitative estimate of drug-likeness (QED) is 0.202. The van der Waals surface area contributed by atoms with Gasteiger partial charge in [0.2, 0.25) is 5.91 Å². The zero-order valence-corrected chi connectivity index (χ0v) is 22.5. The fourth-order valence-electron chi connectivity index (χ4n) is 5.74. The van der Waals surface area contributed by atoms with Crippen LogP contribution in [0.3, 0.4) is 0 Å². The van der Waals surface area contributed by atoms with Gasteiger partial charge in [-0.25, -0.2) is 4.39 Å². The van der Waals surface area contributed by atoms with E-state index < -0.39 is 0 Å². The summed E-state index contributed by atoms with van der Waals surface area (Å²) in [6.07, 6.45) is 5.87. The Morgan fingerprint density at radius 3 is 2.33 bits per heavy atom. The van der Waals surface area contributed by atoms with E-state index in [1.165, 1.54) is 18.6 Å². The van der Waals surface area contributed by atoms with Gasteiger partial charge < -0.3 is 14.2 Å². The van der Waals surface area contributed by atoms with Gasteiger partial charge in [-0.3, -0.25) is 4.79 Å². The number of hydrogen-bond acceptors (Lipinski definition) is 2. The Morgan fingerprint density at radius 1 is 0.800 bits per heavy atom. The summed E-state index contributed by atoms with van der Waals surface area (Å²) >= 11 is 0. The first kappa shape index (κ1) is 25.9. The summed E-state index contributed by atoms with van der Waals surface area (Å²) in [7, 11) is 0. The lowest BCUT2D eigenvalue weighted by molar-refractivity contribution is -0.132. The Hall–Kier alpha value is -4.38. The molecule has 0 aliphatic carbocycles. The number of hydrogen-bond donors (Lipinski definition) is 0. The van der Waals surface area contributed by atoms with Gasteiger partial charge in [0.25, 0.3) is 0 Å². The van der Waals surface area contributed by atoms with E-state index in [1.807, 2.05) is 71.6 Å². The van der Waals surface area contributed by atoms with Gasteiger partial charge >= 0.3 is 0 Å². The second kappa shape index (κ2) is 11.8. The Bertz CT molecular complexity index is 1590. The molecule has 5 aromatic rings. The standard InChI is InChI=1S/C35H33FN2O2/c36-28-18-16-26(17-19-28)24-38-25-33(31-14-5-6-15-34(31)38)32(23-35(39)37-20-7-2-8-21-37)27-10-9-13-30(22-27)40-29-11-3-1-4-12-29/h1,3-6,9-19,22,25,32H,2,7-8,20-21,23-24H2. The van der Waals surface area contributed by atoms with E-state index in [1.54, 1.807) is 0 Å². The van der Waals surface area contributed by atoms with Crippen LogP contribution in [0.1, 0.15) is 48.3 Å². The van der Waals surface area contributed by atoms with Gasteiger partial charge in [-0.2, -0.15) is 0 Å². The zero-order valence-electron chi connectivity index (χ0n) is 22.5. The number of fused-ring (bicyclic) bond motifs is 1. The molecule has 4 nitrogen and oxygen atoms in total. The molecule has 1 atom stereocenters. The third-order valence-corrected chi connectivity index (χ3v) is 7.79. The van der Waals surface area contributed by atoms with Crippen molar-refractivity contribution >= 4 is 16.8 Å². The van der Waals surface area contributed by atoms with Crippen molar-refractivity contribution in [3.8, 4) is 11.5 Å². The molecule has 1 saturated heterocycles. The lowest BCUT2D eigenvalue weighted by Crippen LogP contribution is -2.36. The molecule has 1 aliphatic heterocycles. The average Bonchev–Trinajstić information content (AvgIpc) is 3.36. The number of benzene rings is 4. The van der Waals surface area contributed by atoms with E-state index in [0.717, 1.165) is 65.0 Å². The Balaban J connectivity index is 1.40. The second-order valence-corrected chi connectivity index (χ2v) is 10.5. The Labute approximate surface area is 234 Å². The third-order valence-electron chi connectivity index (χ3n) is 7.79. The maximum atomic E-state index is 13.6. The van der Waals surface area contributed by atoms with Gasteiger partial charge in [-0.05, 0) is 78.4 Å². The summed E-state index contributed by atoms with van der Waals surface area (Å²) < 4.78 is 22.0. The van der Waals surface area contributed by atoms with Gasteiger partial charge in [0, 0.05) is 49.1 Å². The average molecular weight is 533 g/mol. The first-order valence-corrected chi connectivity index (χ1v) is 14.1. The molecule has 5 heteroatoms. The number of nitrogens with zero attached hydrogens (tertiary/aromatic N) is 2. The highest BCUT2D eigenvalue weighted by atomic mass is 19.1. The number of ether oxygens (including phenoxy) is 1. The monoisotopic (exact) mass is 532 g/mol. The van der Waals surface area contributed by atoms with Crippen LogP contribution in [0.25, 0.3) is 10.9 Å². The summed E-state index contributed by atoms with van der Waals surface area (Å²) in [5.41, 5.74) is 4.27. The van der Waals surface area contributed by atoms with Crippen LogP contribution in [0, 0.1) is 5.82 Å². The van der Waals surface area contributed by atoms with Crippen molar-refractivity contribution in [3.63, 3.8) is 0 Å². The highest BCUT2D eigenvalue weighted by Gasteiger charge is 2.26. The van der Waals surface area contributed by atoms with Crippen molar-refractivity contribution in [3.05, 3.63) is 132 Å². The number of likely N-dealkylation sites (tertiary alicyclic amines) is 1. The number of halogens is 1. The minimum Gasteiger partial charge on any atom is -0.457 e. The van der Waals surface area contributed by atoms with Crippen LogP contribution in [0.15, 0.2) is 109 Å². The molecule has 0 bridgehead atoms. The van der Waals surface area contributed by atoms with Gasteiger partial charge in [0.05, 0.1) is 0 Å². The zero-order chi connectivity index (χ0) is 27.3. The molecule has 6 rings (SSSR count). The minimum atomic E-state index is -0.240. The maximum absolute atomic E-state index is 13.6. The van der Waals surface area contributed by atoms with Gasteiger partial charge in [-0.15, -0.1) is 0 Å². The number of piperidine rings is 1. The van der Waals surface area contributed by atoms with E-state index in [-0.39, 0.29) is 17.6 Å². The summed E-state index contributed by atoms with van der Waals surface area (Å²) in [4.78, 5) is 15.7. The molecule has 1 aromatic heterocycles. The van der Waals surface area contributed by atoms with Crippen molar-refractivity contribution in [2.24, 2.45) is 0 Å². The number of aromatic nitrogens is 1. The van der Waals surface area contributed by atoms with Gasteiger partial charge in [0.15, 0.2) is 0 Å². The second-order valence-electron chi connectivity index (χ2n) is 10.5. The summed E-state index contributed by atoms with van der Waals surface area (Å²) in [5.74, 6) is 1.32. The van der Waals surface area contributed by atoms with E-state index in [0.29, 0.717) is 13.0 Å². The van der Waals surface area contributed by atoms with Crippen LogP contribution >= 0.6 is 0 Å². The highest BCUT2D eigenvalue weighted by molar-refractivity contribution is 5.87. The Kier molecular flexibility index (Phi) is 7.62. The van der Waals surface area contributed by atoms with E-state index in [9.17, 15) is 9.18 Å². The van der Waals surface area contributed by atoms with Crippen LogP contribution in [-0.2, 0) is 11.3 Å². The molecule has 2 heterocycles. The molecule has 1 amide bonds. The number of carbonyl (C=O) groups is 1. The third kappa shape index (κ3) is 5.79. The molecule has 202 valence electrons. The topological polar surface area (TPSA) is 34.5 Å². The molecular formula is C35H33FN2O2.